The molecule has 0 saturated carbocycles. The van der Waals surface area contributed by atoms with Crippen LogP contribution < -0.4 is 15.4 Å². The van der Waals surface area contributed by atoms with Gasteiger partial charge in [0, 0.05) is 31.0 Å². The normalized spacial score (nSPS) is 10.8. The van der Waals surface area contributed by atoms with E-state index in [1.165, 1.54) is 0 Å². The molecular formula is C24H38N4O6. The molecule has 10 nitrogen and oxygen atoms in total. The van der Waals surface area contributed by atoms with E-state index in [0.29, 0.717) is 63.2 Å². The molecule has 0 atom stereocenters. The van der Waals surface area contributed by atoms with Crippen LogP contribution in [0.2, 0.25) is 0 Å². The Kier molecular flexibility index (Phi) is 14.2. The fraction of sp³-hybridized carbons (Fsp3) is 0.583. The summed E-state index contributed by atoms with van der Waals surface area (Å²) < 4.78 is 21.3. The van der Waals surface area contributed by atoms with Gasteiger partial charge >= 0.3 is 0 Å². The number of nitrogens with one attached hydrogen (secondary N) is 4. The number of rotatable bonds is 16. The predicted octanol–water partition coefficient (Wildman–Crippen LogP) is 2.35. The Morgan fingerprint density at radius 2 is 1.53 bits per heavy atom. The number of benzene rings is 1. The van der Waals surface area contributed by atoms with Gasteiger partial charge in [0.1, 0.15) is 5.75 Å². The fourth-order valence-electron chi connectivity index (χ4n) is 2.34. The molecule has 0 heterocycles. The number of hydrogen-bond donors (Lipinski definition) is 4. The monoisotopic (exact) mass is 478 g/mol. The Hall–Kier alpha value is -2.98. The molecule has 10 heteroatoms. The molecular weight excluding hydrogens is 440 g/mol. The van der Waals surface area contributed by atoms with Gasteiger partial charge < -0.3 is 29.6 Å². The van der Waals surface area contributed by atoms with Gasteiger partial charge in [0.2, 0.25) is 11.8 Å². The molecule has 0 unspecified atom stereocenters. The van der Waals surface area contributed by atoms with Gasteiger partial charge in [-0.15, -0.1) is 0 Å². The number of carbonyl (C=O) groups is 2. The summed E-state index contributed by atoms with van der Waals surface area (Å²) in [5.74, 6) is 0.423. The standard InChI is InChI=1S/C24H38N4O6/c1-17(2)15-28-21(29)9-11-31-13-14-32-12-10-27-22(30)16-33-20-7-5-19(6-8-20)24(26)34-23(25)18(3)4/h5-8,17-18,25-26H,9-16H2,1-4H3,(H,27,30)(H,28,29). The van der Waals surface area contributed by atoms with Crippen molar-refractivity contribution in [1.82, 2.24) is 10.6 Å². The minimum Gasteiger partial charge on any atom is -0.484 e. The molecule has 34 heavy (non-hydrogen) atoms. The molecule has 0 aromatic heterocycles. The van der Waals surface area contributed by atoms with Gasteiger partial charge in [-0.2, -0.15) is 0 Å². The molecule has 0 spiro atoms. The Bertz CT molecular complexity index is 780. The van der Waals surface area contributed by atoms with Crippen LogP contribution in [0, 0.1) is 22.7 Å². The second-order valence-corrected chi connectivity index (χ2v) is 8.29. The molecule has 0 radical (unpaired) electrons. The zero-order chi connectivity index (χ0) is 25.3. The van der Waals surface area contributed by atoms with E-state index in [4.69, 9.17) is 29.8 Å². The van der Waals surface area contributed by atoms with Crippen molar-refractivity contribution in [3.8, 4) is 5.75 Å². The summed E-state index contributed by atoms with van der Waals surface area (Å²) >= 11 is 0. The lowest BCUT2D eigenvalue weighted by molar-refractivity contribution is -0.123. The molecule has 190 valence electrons. The van der Waals surface area contributed by atoms with Gasteiger partial charge in [-0.3, -0.25) is 20.4 Å². The lowest BCUT2D eigenvalue weighted by Crippen LogP contribution is -2.32. The molecule has 0 saturated heterocycles. The minimum absolute atomic E-state index is 0.0213. The van der Waals surface area contributed by atoms with Crippen LogP contribution in [0.25, 0.3) is 0 Å². The van der Waals surface area contributed by atoms with Gasteiger partial charge in [0.05, 0.1) is 26.4 Å². The van der Waals surface area contributed by atoms with Crippen molar-refractivity contribution < 1.29 is 28.5 Å². The zero-order valence-corrected chi connectivity index (χ0v) is 20.6. The Morgan fingerprint density at radius 1 is 0.882 bits per heavy atom. The van der Waals surface area contributed by atoms with Crippen LogP contribution in [0.3, 0.4) is 0 Å². The highest BCUT2D eigenvalue weighted by atomic mass is 16.5. The van der Waals surface area contributed by atoms with Gasteiger partial charge in [-0.1, -0.05) is 27.7 Å². The van der Waals surface area contributed by atoms with Crippen LogP contribution in [0.15, 0.2) is 24.3 Å². The molecule has 0 aliphatic carbocycles. The van der Waals surface area contributed by atoms with E-state index in [-0.39, 0.29) is 36.1 Å². The second kappa shape index (κ2) is 16.6. The molecule has 1 rings (SSSR count). The maximum absolute atomic E-state index is 11.9. The lowest BCUT2D eigenvalue weighted by atomic mass is 10.2. The number of ether oxygens (including phenoxy) is 4. The third-order valence-corrected chi connectivity index (χ3v) is 4.34. The maximum Gasteiger partial charge on any atom is 0.258 e. The largest absolute Gasteiger partial charge is 0.484 e. The molecule has 0 aliphatic heterocycles. The van der Waals surface area contributed by atoms with E-state index in [9.17, 15) is 9.59 Å². The molecule has 1 aromatic carbocycles. The summed E-state index contributed by atoms with van der Waals surface area (Å²) in [6.07, 6.45) is 0.324. The summed E-state index contributed by atoms with van der Waals surface area (Å²) in [6, 6.07) is 6.54. The Balaban J connectivity index is 2.08. The minimum atomic E-state index is -0.280. The van der Waals surface area contributed by atoms with Gasteiger partial charge in [-0.25, -0.2) is 0 Å². The van der Waals surface area contributed by atoms with Gasteiger partial charge in [-0.05, 0) is 30.2 Å². The van der Waals surface area contributed by atoms with Crippen LogP contribution in [-0.2, 0) is 23.8 Å². The number of carbonyl (C=O) groups excluding carboxylic acids is 2. The third-order valence-electron chi connectivity index (χ3n) is 4.34. The van der Waals surface area contributed by atoms with Crippen LogP contribution in [0.1, 0.15) is 39.7 Å². The SMILES string of the molecule is CC(C)CNC(=O)CCOCCOCCNC(=O)COc1ccc(C(=N)OC(=N)C(C)C)cc1. The molecule has 1 aromatic rings. The highest BCUT2D eigenvalue weighted by Gasteiger charge is 2.10. The molecule has 0 aliphatic rings. The molecule has 4 N–H and O–H groups in total. The predicted molar refractivity (Wildman–Crippen MR) is 130 cm³/mol. The fourth-order valence-corrected chi connectivity index (χ4v) is 2.34. The first-order valence-electron chi connectivity index (χ1n) is 11.5. The first-order valence-corrected chi connectivity index (χ1v) is 11.5. The van der Waals surface area contributed by atoms with E-state index >= 15 is 0 Å². The highest BCUT2D eigenvalue weighted by Crippen LogP contribution is 2.13. The van der Waals surface area contributed by atoms with Crippen molar-refractivity contribution in [2.45, 2.75) is 34.1 Å². The van der Waals surface area contributed by atoms with Crippen molar-refractivity contribution in [3.05, 3.63) is 29.8 Å². The van der Waals surface area contributed by atoms with Crippen LogP contribution in [0.5, 0.6) is 5.75 Å². The Labute approximate surface area is 201 Å². The van der Waals surface area contributed by atoms with E-state index in [2.05, 4.69) is 10.6 Å². The topological polar surface area (TPSA) is 143 Å². The third kappa shape index (κ3) is 13.5. The number of hydrogen-bond acceptors (Lipinski definition) is 8. The van der Waals surface area contributed by atoms with Gasteiger partial charge in [0.15, 0.2) is 12.5 Å². The van der Waals surface area contributed by atoms with Crippen molar-refractivity contribution >= 4 is 23.6 Å². The zero-order valence-electron chi connectivity index (χ0n) is 20.6. The van der Waals surface area contributed by atoms with Crippen molar-refractivity contribution in [2.24, 2.45) is 11.8 Å². The van der Waals surface area contributed by atoms with E-state index < -0.39 is 0 Å². The summed E-state index contributed by atoms with van der Waals surface area (Å²) in [5, 5.41) is 21.1. The van der Waals surface area contributed by atoms with E-state index in [1.807, 2.05) is 27.7 Å². The average molecular weight is 479 g/mol. The van der Waals surface area contributed by atoms with Crippen molar-refractivity contribution in [1.29, 1.82) is 10.8 Å². The summed E-state index contributed by atoms with van der Waals surface area (Å²) in [6.45, 7) is 10.0. The first kappa shape index (κ1) is 29.1. The molecule has 2 amide bonds. The van der Waals surface area contributed by atoms with Crippen molar-refractivity contribution in [3.63, 3.8) is 0 Å². The van der Waals surface area contributed by atoms with Crippen LogP contribution in [-0.4, -0.2) is 69.7 Å². The Morgan fingerprint density at radius 3 is 2.15 bits per heavy atom. The summed E-state index contributed by atoms with van der Waals surface area (Å²) in [5.41, 5.74) is 0.512. The quantitative estimate of drug-likeness (QED) is 0.163. The van der Waals surface area contributed by atoms with E-state index in [1.54, 1.807) is 24.3 Å². The van der Waals surface area contributed by atoms with Crippen LogP contribution in [0.4, 0.5) is 0 Å². The second-order valence-electron chi connectivity index (χ2n) is 8.29. The summed E-state index contributed by atoms with van der Waals surface area (Å²) in [7, 11) is 0. The molecule has 0 fully saturated rings. The smallest absolute Gasteiger partial charge is 0.258 e. The number of amides is 2. The average Bonchev–Trinajstić information content (AvgIpc) is 2.80. The maximum atomic E-state index is 11.9. The van der Waals surface area contributed by atoms with Crippen LogP contribution >= 0.6 is 0 Å². The lowest BCUT2D eigenvalue weighted by Gasteiger charge is -2.11. The molecule has 0 bridgehead atoms. The highest BCUT2D eigenvalue weighted by molar-refractivity contribution is 5.99. The van der Waals surface area contributed by atoms with E-state index in [0.717, 1.165) is 0 Å². The van der Waals surface area contributed by atoms with Crippen molar-refractivity contribution in [2.75, 3.05) is 46.1 Å². The van der Waals surface area contributed by atoms with Gasteiger partial charge in [0.25, 0.3) is 5.91 Å². The summed E-state index contributed by atoms with van der Waals surface area (Å²) in [4.78, 5) is 23.4. The first-order chi connectivity index (χ1) is 16.2.